The van der Waals surface area contributed by atoms with E-state index in [1.807, 2.05) is 35.7 Å². The molecule has 26 heavy (non-hydrogen) atoms. The molecule has 1 amide bonds. The van der Waals surface area contributed by atoms with E-state index in [2.05, 4.69) is 5.32 Å². The molecule has 0 bridgehead atoms. The van der Waals surface area contributed by atoms with Crippen LogP contribution in [-0.4, -0.2) is 23.6 Å². The SMILES string of the molecule is Nc1ccc2c(c1)NC(=O)CO2.O=C(O)c1cc(-c2ccccc2)cs1. The highest BCUT2D eigenvalue weighted by molar-refractivity contribution is 7.12. The average molecular weight is 368 g/mol. The largest absolute Gasteiger partial charge is 0.482 e. The molecule has 0 aliphatic carbocycles. The maximum Gasteiger partial charge on any atom is 0.345 e. The van der Waals surface area contributed by atoms with Crippen LogP contribution in [0.1, 0.15) is 9.67 Å². The molecule has 6 nitrogen and oxygen atoms in total. The highest BCUT2D eigenvalue weighted by Crippen LogP contribution is 2.29. The first-order chi connectivity index (χ1) is 12.5. The van der Waals surface area contributed by atoms with E-state index in [-0.39, 0.29) is 12.5 Å². The van der Waals surface area contributed by atoms with E-state index in [9.17, 15) is 9.59 Å². The Labute approximate surface area is 153 Å². The molecule has 3 aromatic rings. The van der Waals surface area contributed by atoms with Crippen LogP contribution in [0.3, 0.4) is 0 Å². The summed E-state index contributed by atoms with van der Waals surface area (Å²) < 4.78 is 5.12. The van der Waals surface area contributed by atoms with Gasteiger partial charge in [0.2, 0.25) is 0 Å². The number of amides is 1. The average Bonchev–Trinajstić information content (AvgIpc) is 3.13. The number of nitrogens with one attached hydrogen (secondary N) is 1. The van der Waals surface area contributed by atoms with Crippen molar-refractivity contribution in [2.75, 3.05) is 17.7 Å². The predicted octanol–water partition coefficient (Wildman–Crippen LogP) is 3.71. The number of hydrogen-bond donors (Lipinski definition) is 3. The van der Waals surface area contributed by atoms with Crippen molar-refractivity contribution in [1.82, 2.24) is 0 Å². The summed E-state index contributed by atoms with van der Waals surface area (Å²) in [5.74, 6) is -0.339. The minimum atomic E-state index is -0.864. The highest BCUT2D eigenvalue weighted by Gasteiger charge is 2.14. The van der Waals surface area contributed by atoms with Crippen LogP contribution < -0.4 is 15.8 Å². The van der Waals surface area contributed by atoms with Crippen molar-refractivity contribution in [3.8, 4) is 16.9 Å². The summed E-state index contributed by atoms with van der Waals surface area (Å²) in [6, 6.07) is 16.6. The summed E-state index contributed by atoms with van der Waals surface area (Å²) in [6.45, 7) is 0.0803. The molecule has 0 fully saturated rings. The van der Waals surface area contributed by atoms with Crippen molar-refractivity contribution in [2.24, 2.45) is 0 Å². The van der Waals surface area contributed by atoms with E-state index in [1.54, 1.807) is 24.3 Å². The second-order valence-corrected chi connectivity index (χ2v) is 6.37. The monoisotopic (exact) mass is 368 g/mol. The van der Waals surface area contributed by atoms with Gasteiger partial charge in [-0.05, 0) is 40.8 Å². The third-order valence-corrected chi connectivity index (χ3v) is 4.47. The van der Waals surface area contributed by atoms with Crippen molar-refractivity contribution in [3.05, 3.63) is 64.9 Å². The van der Waals surface area contributed by atoms with Crippen molar-refractivity contribution in [3.63, 3.8) is 0 Å². The number of carboxylic acids is 1. The summed E-state index contributed by atoms with van der Waals surface area (Å²) in [6.07, 6.45) is 0. The van der Waals surface area contributed by atoms with Crippen LogP contribution in [0.4, 0.5) is 11.4 Å². The van der Waals surface area contributed by atoms with Crippen LogP contribution in [0.15, 0.2) is 60.0 Å². The minimum absolute atomic E-state index is 0.0803. The van der Waals surface area contributed by atoms with Gasteiger partial charge < -0.3 is 20.9 Å². The third kappa shape index (κ3) is 4.20. The summed E-state index contributed by atoms with van der Waals surface area (Å²) in [5, 5.41) is 13.3. The molecule has 1 aliphatic rings. The lowest BCUT2D eigenvalue weighted by Crippen LogP contribution is -2.25. The van der Waals surface area contributed by atoms with E-state index in [1.165, 1.54) is 11.3 Å². The fourth-order valence-corrected chi connectivity index (χ4v) is 3.08. The Balaban J connectivity index is 0.000000152. The first-order valence-electron chi connectivity index (χ1n) is 7.72. The maximum absolute atomic E-state index is 10.9. The molecule has 2 heterocycles. The Bertz CT molecular complexity index is 938. The van der Waals surface area contributed by atoms with Gasteiger partial charge in [-0.25, -0.2) is 4.79 Å². The van der Waals surface area contributed by atoms with E-state index >= 15 is 0 Å². The molecule has 4 rings (SSSR count). The Kier molecular flexibility index (Phi) is 5.19. The molecule has 0 spiro atoms. The number of rotatable bonds is 2. The maximum atomic E-state index is 10.9. The molecule has 7 heteroatoms. The fraction of sp³-hybridized carbons (Fsp3) is 0.0526. The minimum Gasteiger partial charge on any atom is -0.482 e. The number of benzene rings is 2. The number of anilines is 2. The van der Waals surface area contributed by atoms with Crippen molar-refractivity contribution < 1.29 is 19.4 Å². The van der Waals surface area contributed by atoms with Gasteiger partial charge >= 0.3 is 5.97 Å². The summed E-state index contributed by atoms with van der Waals surface area (Å²) in [5.41, 5.74) is 8.79. The molecule has 0 atom stereocenters. The Morgan fingerprint density at radius 2 is 1.88 bits per heavy atom. The fourth-order valence-electron chi connectivity index (χ4n) is 2.33. The molecule has 4 N–H and O–H groups in total. The van der Waals surface area contributed by atoms with Crippen LogP contribution in [-0.2, 0) is 4.79 Å². The summed E-state index contributed by atoms with van der Waals surface area (Å²) in [7, 11) is 0. The Hall–Kier alpha value is -3.32. The van der Waals surface area contributed by atoms with Crippen LogP contribution in [0, 0.1) is 0 Å². The van der Waals surface area contributed by atoms with E-state index in [0.717, 1.165) is 11.1 Å². The lowest BCUT2D eigenvalue weighted by molar-refractivity contribution is -0.118. The Morgan fingerprint density at radius 3 is 2.58 bits per heavy atom. The second kappa shape index (κ2) is 7.71. The van der Waals surface area contributed by atoms with Crippen LogP contribution in [0.2, 0.25) is 0 Å². The van der Waals surface area contributed by atoms with Crippen molar-refractivity contribution in [1.29, 1.82) is 0 Å². The van der Waals surface area contributed by atoms with Gasteiger partial charge in [0.1, 0.15) is 10.6 Å². The molecule has 1 aromatic heterocycles. The van der Waals surface area contributed by atoms with E-state index in [0.29, 0.717) is 22.0 Å². The first kappa shape index (κ1) is 17.5. The zero-order valence-corrected chi connectivity index (χ0v) is 14.5. The molecule has 0 radical (unpaired) electrons. The molecule has 1 aliphatic heterocycles. The number of aromatic carboxylic acids is 1. The molecule has 0 saturated heterocycles. The highest BCUT2D eigenvalue weighted by atomic mass is 32.1. The van der Waals surface area contributed by atoms with Crippen molar-refractivity contribution >= 4 is 34.6 Å². The van der Waals surface area contributed by atoms with Gasteiger partial charge in [-0.1, -0.05) is 30.3 Å². The molecule has 2 aromatic carbocycles. The Morgan fingerprint density at radius 1 is 1.12 bits per heavy atom. The number of carbonyl (C=O) groups is 2. The quantitative estimate of drug-likeness (QED) is 0.599. The summed E-state index contributed by atoms with van der Waals surface area (Å²) >= 11 is 1.25. The van der Waals surface area contributed by atoms with E-state index in [4.69, 9.17) is 15.6 Å². The zero-order chi connectivity index (χ0) is 18.5. The molecule has 0 saturated carbocycles. The molecule has 0 unspecified atom stereocenters. The number of ether oxygens (including phenoxy) is 1. The smallest absolute Gasteiger partial charge is 0.345 e. The number of hydrogen-bond acceptors (Lipinski definition) is 5. The lowest BCUT2D eigenvalue weighted by Gasteiger charge is -2.17. The predicted molar refractivity (Wildman–Crippen MR) is 102 cm³/mol. The van der Waals surface area contributed by atoms with Crippen LogP contribution in [0.25, 0.3) is 11.1 Å². The van der Waals surface area contributed by atoms with Crippen LogP contribution in [0.5, 0.6) is 5.75 Å². The van der Waals surface area contributed by atoms with Gasteiger partial charge in [0.15, 0.2) is 6.61 Å². The lowest BCUT2D eigenvalue weighted by atomic mass is 10.1. The van der Waals surface area contributed by atoms with Gasteiger partial charge in [-0.15, -0.1) is 11.3 Å². The van der Waals surface area contributed by atoms with E-state index < -0.39 is 5.97 Å². The molecule has 132 valence electrons. The van der Waals surface area contributed by atoms with Crippen LogP contribution >= 0.6 is 11.3 Å². The molecular formula is C19H16N2O4S. The first-order valence-corrected chi connectivity index (χ1v) is 8.60. The topological polar surface area (TPSA) is 102 Å². The van der Waals surface area contributed by atoms with Gasteiger partial charge in [0.05, 0.1) is 5.69 Å². The summed E-state index contributed by atoms with van der Waals surface area (Å²) in [4.78, 5) is 21.9. The van der Waals surface area contributed by atoms with Gasteiger partial charge in [-0.2, -0.15) is 0 Å². The van der Waals surface area contributed by atoms with Crippen molar-refractivity contribution in [2.45, 2.75) is 0 Å². The number of fused-ring (bicyclic) bond motifs is 1. The number of carboxylic acid groups (broad SMARTS) is 1. The molecular weight excluding hydrogens is 352 g/mol. The van der Waals surface area contributed by atoms with Gasteiger partial charge in [0.25, 0.3) is 5.91 Å². The number of thiophene rings is 1. The number of carbonyl (C=O) groups excluding carboxylic acids is 1. The normalized spacial score (nSPS) is 12.1. The number of nitrogen functional groups attached to an aromatic ring is 1. The second-order valence-electron chi connectivity index (χ2n) is 5.46. The number of nitrogens with two attached hydrogens (primary N) is 1. The third-order valence-electron chi connectivity index (χ3n) is 3.55. The standard InChI is InChI=1S/C11H8O2S.C8H8N2O2/c12-11(13)10-6-9(7-14-10)8-4-2-1-3-5-8;9-5-1-2-7-6(3-5)10-8(11)4-12-7/h1-7H,(H,12,13);1-3H,4,9H2,(H,10,11). The zero-order valence-electron chi connectivity index (χ0n) is 13.6. The van der Waals surface area contributed by atoms with Gasteiger partial charge in [0, 0.05) is 5.69 Å². The van der Waals surface area contributed by atoms with Gasteiger partial charge in [-0.3, -0.25) is 4.79 Å².